The van der Waals surface area contributed by atoms with E-state index in [-0.39, 0.29) is 17.7 Å². The molecule has 0 saturated heterocycles. The Bertz CT molecular complexity index is 615. The molecule has 2 atom stereocenters. The number of hydrogen-bond acceptors (Lipinski definition) is 6. The van der Waals surface area contributed by atoms with E-state index in [1.54, 1.807) is 0 Å². The maximum atomic E-state index is 11.7. The van der Waals surface area contributed by atoms with Crippen LogP contribution in [0.5, 0.6) is 0 Å². The van der Waals surface area contributed by atoms with Crippen LogP contribution in [0.25, 0.3) is 0 Å². The molecule has 2 saturated carbocycles. The lowest BCUT2D eigenvalue weighted by Crippen LogP contribution is -2.35. The number of aromatic nitrogens is 2. The van der Waals surface area contributed by atoms with Gasteiger partial charge >= 0.3 is 0 Å². The Morgan fingerprint density at radius 1 is 1.33 bits per heavy atom. The van der Waals surface area contributed by atoms with Crippen molar-refractivity contribution >= 4 is 17.7 Å². The Kier molecular flexibility index (Phi) is 4.62. The highest BCUT2D eigenvalue weighted by molar-refractivity contribution is 5.97. The van der Waals surface area contributed by atoms with Crippen LogP contribution in [0.1, 0.15) is 62.7 Å². The van der Waals surface area contributed by atoms with Gasteiger partial charge in [-0.1, -0.05) is 0 Å². The van der Waals surface area contributed by atoms with Crippen molar-refractivity contribution in [1.82, 2.24) is 9.97 Å². The lowest BCUT2D eigenvalue weighted by atomic mass is 9.93. The van der Waals surface area contributed by atoms with E-state index >= 15 is 0 Å². The number of carbonyl (C=O) groups excluding carboxylic acids is 1. The van der Waals surface area contributed by atoms with E-state index in [0.717, 1.165) is 19.3 Å². The van der Waals surface area contributed by atoms with E-state index in [2.05, 4.69) is 34.4 Å². The van der Waals surface area contributed by atoms with E-state index in [0.29, 0.717) is 29.7 Å². The molecule has 0 radical (unpaired) electrons. The molecule has 0 aliphatic heterocycles. The molecule has 2 aliphatic rings. The average Bonchev–Trinajstić information content (AvgIpc) is 3.31. The second kappa shape index (κ2) is 6.55. The Labute approximate surface area is 142 Å². The van der Waals surface area contributed by atoms with Gasteiger partial charge in [0.05, 0.1) is 11.7 Å². The summed E-state index contributed by atoms with van der Waals surface area (Å²) in [7, 11) is 0. The molecular weight excluding hydrogens is 306 g/mol. The van der Waals surface area contributed by atoms with Gasteiger partial charge < -0.3 is 21.5 Å². The molecule has 132 valence electrons. The predicted octanol–water partition coefficient (Wildman–Crippen LogP) is 1.89. The number of primary amides is 1. The van der Waals surface area contributed by atoms with Crippen molar-refractivity contribution in [3.05, 3.63) is 11.8 Å². The van der Waals surface area contributed by atoms with Gasteiger partial charge in [0.25, 0.3) is 5.91 Å². The second-order valence-electron chi connectivity index (χ2n) is 7.60. The minimum Gasteiger partial charge on any atom is -0.393 e. The highest BCUT2D eigenvalue weighted by Gasteiger charge is 2.38. The summed E-state index contributed by atoms with van der Waals surface area (Å²) in [5.41, 5.74) is 5.63. The first-order valence-corrected chi connectivity index (χ1v) is 8.75. The monoisotopic (exact) mass is 333 g/mol. The van der Waals surface area contributed by atoms with Gasteiger partial charge in [-0.2, -0.15) is 4.98 Å². The fourth-order valence-corrected chi connectivity index (χ4v) is 3.42. The second-order valence-corrected chi connectivity index (χ2v) is 7.60. The fraction of sp³-hybridized carbons (Fsp3) is 0.706. The summed E-state index contributed by atoms with van der Waals surface area (Å²) < 4.78 is 0. The first kappa shape index (κ1) is 17.0. The minimum absolute atomic E-state index is 0.142. The number of aliphatic hydroxyl groups excluding tert-OH is 1. The van der Waals surface area contributed by atoms with E-state index in [4.69, 9.17) is 5.73 Å². The molecule has 1 heterocycles. The Morgan fingerprint density at radius 2 is 2.08 bits per heavy atom. The summed E-state index contributed by atoms with van der Waals surface area (Å²) in [5.74, 6) is 0.989. The van der Waals surface area contributed by atoms with Crippen LogP contribution >= 0.6 is 0 Å². The zero-order valence-corrected chi connectivity index (χ0v) is 14.4. The number of hydrogen-bond donors (Lipinski definition) is 4. The van der Waals surface area contributed by atoms with Crippen molar-refractivity contribution in [3.8, 4) is 0 Å². The summed E-state index contributed by atoms with van der Waals surface area (Å²) in [6.45, 7) is 4.23. The number of aliphatic hydroxyl groups is 1. The van der Waals surface area contributed by atoms with Gasteiger partial charge in [-0.05, 0) is 58.3 Å². The number of nitrogens with zero attached hydrogens (tertiary/aromatic N) is 2. The van der Waals surface area contributed by atoms with Crippen LogP contribution in [0.3, 0.4) is 0 Å². The zero-order valence-electron chi connectivity index (χ0n) is 14.4. The smallest absolute Gasteiger partial charge is 0.254 e. The minimum atomic E-state index is -0.538. The topological polar surface area (TPSA) is 113 Å². The van der Waals surface area contributed by atoms with Crippen molar-refractivity contribution in [3.63, 3.8) is 0 Å². The third kappa shape index (κ3) is 3.95. The van der Waals surface area contributed by atoms with Gasteiger partial charge in [0.1, 0.15) is 5.82 Å². The van der Waals surface area contributed by atoms with Crippen molar-refractivity contribution in [2.75, 3.05) is 10.6 Å². The zero-order chi connectivity index (χ0) is 17.3. The average molecular weight is 333 g/mol. The fourth-order valence-electron chi connectivity index (χ4n) is 3.42. The summed E-state index contributed by atoms with van der Waals surface area (Å²) in [6.07, 6.45) is 7.07. The predicted molar refractivity (Wildman–Crippen MR) is 92.9 cm³/mol. The molecule has 1 aromatic heterocycles. The highest BCUT2D eigenvalue weighted by atomic mass is 16.3. The molecule has 1 aromatic rings. The highest BCUT2D eigenvalue weighted by Crippen LogP contribution is 2.41. The molecule has 1 unspecified atom stereocenters. The number of nitrogens with one attached hydrogen (secondary N) is 2. The van der Waals surface area contributed by atoms with Gasteiger partial charge in [-0.25, -0.2) is 4.98 Å². The first-order chi connectivity index (χ1) is 11.3. The maximum Gasteiger partial charge on any atom is 0.254 e. The molecule has 7 nitrogen and oxygen atoms in total. The third-order valence-corrected chi connectivity index (χ3v) is 5.07. The molecule has 24 heavy (non-hydrogen) atoms. The van der Waals surface area contributed by atoms with Crippen LogP contribution in [0.15, 0.2) is 6.20 Å². The lowest BCUT2D eigenvalue weighted by Gasteiger charge is -2.29. The van der Waals surface area contributed by atoms with Crippen molar-refractivity contribution < 1.29 is 9.90 Å². The van der Waals surface area contributed by atoms with Crippen LogP contribution in [-0.4, -0.2) is 38.7 Å². The number of nitrogens with two attached hydrogens (primary N) is 1. The Balaban J connectivity index is 1.78. The summed E-state index contributed by atoms with van der Waals surface area (Å²) >= 11 is 0. The maximum absolute atomic E-state index is 11.7. The molecule has 0 spiro atoms. The van der Waals surface area contributed by atoms with Gasteiger partial charge in [0, 0.05) is 17.8 Å². The van der Waals surface area contributed by atoms with E-state index < -0.39 is 5.91 Å². The molecule has 0 bridgehead atoms. The van der Waals surface area contributed by atoms with E-state index in [9.17, 15) is 9.90 Å². The van der Waals surface area contributed by atoms with Crippen LogP contribution in [0.4, 0.5) is 11.8 Å². The number of anilines is 2. The van der Waals surface area contributed by atoms with E-state index in [1.807, 2.05) is 0 Å². The van der Waals surface area contributed by atoms with Crippen LogP contribution < -0.4 is 16.4 Å². The first-order valence-electron chi connectivity index (χ1n) is 8.75. The largest absolute Gasteiger partial charge is 0.393 e. The number of amides is 1. The van der Waals surface area contributed by atoms with Crippen LogP contribution in [0.2, 0.25) is 0 Å². The van der Waals surface area contributed by atoms with Gasteiger partial charge in [-0.3, -0.25) is 4.79 Å². The molecular formula is C17H27N5O2. The summed E-state index contributed by atoms with van der Waals surface area (Å²) in [6, 6.07) is 0.150. The van der Waals surface area contributed by atoms with Crippen molar-refractivity contribution in [1.29, 1.82) is 0 Å². The molecule has 7 heteroatoms. The molecule has 2 aliphatic carbocycles. The molecule has 3 rings (SSSR count). The van der Waals surface area contributed by atoms with Crippen LogP contribution in [0, 0.1) is 5.92 Å². The Hall–Kier alpha value is -1.89. The normalized spacial score (nSPS) is 24.5. The van der Waals surface area contributed by atoms with Gasteiger partial charge in [0.2, 0.25) is 5.95 Å². The molecule has 5 N–H and O–H groups in total. The molecule has 0 aromatic carbocycles. The number of rotatable bonds is 6. The summed E-state index contributed by atoms with van der Waals surface area (Å²) in [4.78, 5) is 20.4. The Morgan fingerprint density at radius 3 is 2.71 bits per heavy atom. The van der Waals surface area contributed by atoms with Crippen molar-refractivity contribution in [2.24, 2.45) is 11.7 Å². The van der Waals surface area contributed by atoms with Gasteiger partial charge in [0.15, 0.2) is 0 Å². The lowest BCUT2D eigenvalue weighted by molar-refractivity contribution is 0.100. The quantitative estimate of drug-likeness (QED) is 0.632. The third-order valence-electron chi connectivity index (χ3n) is 5.07. The van der Waals surface area contributed by atoms with Gasteiger partial charge in [-0.15, -0.1) is 0 Å². The summed E-state index contributed by atoms with van der Waals surface area (Å²) in [5, 5.41) is 16.4. The SMILES string of the molecule is CC(C)(Nc1nc(NC2CCC[C@H](O)C2)ncc1C(N)=O)C1CC1. The van der Waals surface area contributed by atoms with Crippen LogP contribution in [-0.2, 0) is 0 Å². The van der Waals surface area contributed by atoms with Crippen molar-refractivity contribution in [2.45, 2.75) is 70.1 Å². The van der Waals surface area contributed by atoms with E-state index in [1.165, 1.54) is 19.0 Å². The molecule has 2 fully saturated rings. The number of carbonyl (C=O) groups is 1. The molecule has 1 amide bonds. The standard InChI is InChI=1S/C17H27N5O2/c1-17(2,10-6-7-10)22-15-13(14(18)24)9-19-16(21-15)20-11-4-3-5-12(23)8-11/h9-12,23H,3-8H2,1-2H3,(H2,18,24)(H2,19,20,21,22)/t11?,12-/m0/s1.